The lowest BCUT2D eigenvalue weighted by Crippen LogP contribution is -2.03. The molecule has 4 heteroatoms. The van der Waals surface area contributed by atoms with Crippen molar-refractivity contribution >= 4 is 17.5 Å². The first-order valence-electron chi connectivity index (χ1n) is 5.60. The van der Waals surface area contributed by atoms with Gasteiger partial charge in [0, 0.05) is 7.05 Å². The van der Waals surface area contributed by atoms with Crippen LogP contribution in [-0.2, 0) is 19.9 Å². The molecular weight excluding hydrogens is 234 g/mol. The molecular formula is C13H16ClN3. The summed E-state index contributed by atoms with van der Waals surface area (Å²) in [7, 11) is 1.89. The van der Waals surface area contributed by atoms with Gasteiger partial charge in [0.1, 0.15) is 0 Å². The molecule has 0 aliphatic carbocycles. The van der Waals surface area contributed by atoms with Gasteiger partial charge in [0.15, 0.2) is 5.15 Å². The Morgan fingerprint density at radius 3 is 2.41 bits per heavy atom. The Bertz CT molecular complexity index is 514. The Kier molecular flexibility index (Phi) is 3.38. The van der Waals surface area contributed by atoms with E-state index in [-0.39, 0.29) is 0 Å². The fourth-order valence-corrected chi connectivity index (χ4v) is 2.11. The highest BCUT2D eigenvalue weighted by atomic mass is 35.5. The van der Waals surface area contributed by atoms with Gasteiger partial charge < -0.3 is 10.3 Å². The molecule has 0 fully saturated rings. The van der Waals surface area contributed by atoms with Gasteiger partial charge >= 0.3 is 0 Å². The van der Waals surface area contributed by atoms with Gasteiger partial charge in [-0.25, -0.2) is 4.98 Å². The number of nitrogens with zero attached hydrogens (tertiary/aromatic N) is 2. The molecule has 0 saturated heterocycles. The molecule has 17 heavy (non-hydrogen) atoms. The predicted molar refractivity (Wildman–Crippen MR) is 71.2 cm³/mol. The zero-order valence-corrected chi connectivity index (χ0v) is 10.8. The van der Waals surface area contributed by atoms with Crippen molar-refractivity contribution in [1.29, 1.82) is 0 Å². The third kappa shape index (κ3) is 2.61. The molecule has 2 rings (SSSR count). The van der Waals surface area contributed by atoms with Crippen molar-refractivity contribution in [3.63, 3.8) is 0 Å². The van der Waals surface area contributed by atoms with E-state index in [2.05, 4.69) is 36.2 Å². The number of benzene rings is 1. The monoisotopic (exact) mass is 249 g/mol. The maximum absolute atomic E-state index is 6.03. The maximum atomic E-state index is 6.03. The number of aryl methyl sites for hydroxylation is 2. The topological polar surface area (TPSA) is 43.8 Å². The van der Waals surface area contributed by atoms with Crippen LogP contribution in [0.4, 0.5) is 5.95 Å². The van der Waals surface area contributed by atoms with E-state index < -0.39 is 0 Å². The Morgan fingerprint density at radius 2 is 1.88 bits per heavy atom. The second-order valence-electron chi connectivity index (χ2n) is 4.25. The largest absolute Gasteiger partial charge is 0.369 e. The van der Waals surface area contributed by atoms with Gasteiger partial charge in [0.25, 0.3) is 0 Å². The van der Waals surface area contributed by atoms with Crippen LogP contribution in [0.1, 0.15) is 16.8 Å². The van der Waals surface area contributed by atoms with Gasteiger partial charge in [-0.05, 0) is 25.3 Å². The third-order valence-electron chi connectivity index (χ3n) is 2.97. The lowest BCUT2D eigenvalue weighted by Gasteiger charge is -2.04. The van der Waals surface area contributed by atoms with Gasteiger partial charge in [0.05, 0.1) is 5.69 Å². The average Bonchev–Trinajstić information content (AvgIpc) is 2.54. The SMILES string of the molecule is Cc1ccc(CCc2c(Cl)nc(N)n2C)cc1. The van der Waals surface area contributed by atoms with Crippen LogP contribution >= 0.6 is 11.6 Å². The summed E-state index contributed by atoms with van der Waals surface area (Å²) in [6.45, 7) is 2.09. The maximum Gasteiger partial charge on any atom is 0.201 e. The first-order chi connectivity index (χ1) is 8.08. The number of hydrogen-bond donors (Lipinski definition) is 1. The highest BCUT2D eigenvalue weighted by Crippen LogP contribution is 2.19. The number of nitrogens with two attached hydrogens (primary N) is 1. The second kappa shape index (κ2) is 4.80. The van der Waals surface area contributed by atoms with Crippen LogP contribution in [0, 0.1) is 6.92 Å². The van der Waals surface area contributed by atoms with Crippen molar-refractivity contribution in [3.8, 4) is 0 Å². The third-order valence-corrected chi connectivity index (χ3v) is 3.27. The van der Waals surface area contributed by atoms with Gasteiger partial charge in [0.2, 0.25) is 5.95 Å². The van der Waals surface area contributed by atoms with Gasteiger partial charge in [-0.3, -0.25) is 0 Å². The molecule has 3 nitrogen and oxygen atoms in total. The van der Waals surface area contributed by atoms with E-state index in [0.29, 0.717) is 11.1 Å². The molecule has 2 aromatic rings. The molecule has 0 saturated carbocycles. The molecule has 1 heterocycles. The quantitative estimate of drug-likeness (QED) is 0.909. The van der Waals surface area contributed by atoms with E-state index in [0.717, 1.165) is 18.5 Å². The number of nitrogen functional groups attached to an aromatic ring is 1. The van der Waals surface area contributed by atoms with Crippen molar-refractivity contribution in [1.82, 2.24) is 9.55 Å². The minimum atomic E-state index is 0.467. The average molecular weight is 250 g/mol. The zero-order valence-electron chi connectivity index (χ0n) is 10.1. The molecule has 0 unspecified atom stereocenters. The van der Waals surface area contributed by atoms with Crippen molar-refractivity contribution in [2.24, 2.45) is 7.05 Å². The molecule has 0 spiro atoms. The molecule has 0 radical (unpaired) electrons. The molecule has 0 amide bonds. The van der Waals surface area contributed by atoms with E-state index in [1.54, 1.807) is 0 Å². The van der Waals surface area contributed by atoms with Gasteiger partial charge in [-0.15, -0.1) is 0 Å². The standard InChI is InChI=1S/C13H16ClN3/c1-9-3-5-10(6-4-9)7-8-11-12(14)16-13(15)17(11)2/h3-6H,7-8H2,1-2H3,(H2,15,16). The minimum absolute atomic E-state index is 0.467. The Morgan fingerprint density at radius 1 is 1.24 bits per heavy atom. The summed E-state index contributed by atoms with van der Waals surface area (Å²) < 4.78 is 1.84. The van der Waals surface area contributed by atoms with Crippen molar-refractivity contribution < 1.29 is 0 Å². The molecule has 90 valence electrons. The summed E-state index contributed by atoms with van der Waals surface area (Å²) in [5.41, 5.74) is 9.26. The van der Waals surface area contributed by atoms with Crippen LogP contribution in [0.15, 0.2) is 24.3 Å². The number of imidazole rings is 1. The first kappa shape index (κ1) is 12.0. The van der Waals surface area contributed by atoms with E-state index >= 15 is 0 Å². The van der Waals surface area contributed by atoms with E-state index in [9.17, 15) is 0 Å². The fourth-order valence-electron chi connectivity index (χ4n) is 1.81. The normalized spacial score (nSPS) is 10.8. The van der Waals surface area contributed by atoms with Crippen LogP contribution in [0.25, 0.3) is 0 Å². The smallest absolute Gasteiger partial charge is 0.201 e. The lowest BCUT2D eigenvalue weighted by molar-refractivity contribution is 0.807. The summed E-state index contributed by atoms with van der Waals surface area (Å²) in [5, 5.41) is 0.511. The van der Waals surface area contributed by atoms with E-state index in [1.165, 1.54) is 11.1 Å². The minimum Gasteiger partial charge on any atom is -0.369 e. The van der Waals surface area contributed by atoms with Crippen molar-refractivity contribution in [2.45, 2.75) is 19.8 Å². The van der Waals surface area contributed by atoms with Crippen LogP contribution in [0.3, 0.4) is 0 Å². The second-order valence-corrected chi connectivity index (χ2v) is 4.61. The predicted octanol–water partition coefficient (Wildman–Crippen LogP) is 2.75. The number of anilines is 1. The Balaban J connectivity index is 2.09. The molecule has 2 N–H and O–H groups in total. The highest BCUT2D eigenvalue weighted by molar-refractivity contribution is 6.30. The number of halogens is 1. The molecule has 1 aromatic heterocycles. The van der Waals surface area contributed by atoms with Gasteiger partial charge in [-0.1, -0.05) is 41.4 Å². The molecule has 0 atom stereocenters. The van der Waals surface area contributed by atoms with Crippen LogP contribution in [-0.4, -0.2) is 9.55 Å². The Labute approximate surface area is 106 Å². The highest BCUT2D eigenvalue weighted by Gasteiger charge is 2.10. The van der Waals surface area contributed by atoms with Crippen LogP contribution in [0.5, 0.6) is 0 Å². The first-order valence-corrected chi connectivity index (χ1v) is 5.98. The number of rotatable bonds is 3. The molecule has 0 bridgehead atoms. The van der Waals surface area contributed by atoms with Crippen molar-refractivity contribution in [3.05, 3.63) is 46.2 Å². The summed E-state index contributed by atoms with van der Waals surface area (Å²) in [4.78, 5) is 4.04. The number of hydrogen-bond acceptors (Lipinski definition) is 2. The molecule has 1 aromatic carbocycles. The van der Waals surface area contributed by atoms with Crippen LogP contribution in [0.2, 0.25) is 5.15 Å². The fraction of sp³-hybridized carbons (Fsp3) is 0.308. The summed E-state index contributed by atoms with van der Waals surface area (Å²) in [5.74, 6) is 0.467. The Hall–Kier alpha value is -1.48. The van der Waals surface area contributed by atoms with Crippen LogP contribution < -0.4 is 5.73 Å². The summed E-state index contributed by atoms with van der Waals surface area (Å²) in [6, 6.07) is 8.52. The van der Waals surface area contributed by atoms with E-state index in [4.69, 9.17) is 17.3 Å². The van der Waals surface area contributed by atoms with Gasteiger partial charge in [-0.2, -0.15) is 0 Å². The lowest BCUT2D eigenvalue weighted by atomic mass is 10.1. The number of aromatic nitrogens is 2. The zero-order chi connectivity index (χ0) is 12.4. The summed E-state index contributed by atoms with van der Waals surface area (Å²) >= 11 is 6.03. The van der Waals surface area contributed by atoms with Crippen molar-refractivity contribution in [2.75, 3.05) is 5.73 Å². The van der Waals surface area contributed by atoms with E-state index in [1.807, 2.05) is 11.6 Å². The molecule has 0 aliphatic heterocycles. The summed E-state index contributed by atoms with van der Waals surface area (Å²) in [6.07, 6.45) is 1.79. The molecule has 0 aliphatic rings.